The molecule has 4 aliphatic rings. The Morgan fingerprint density at radius 1 is 1.31 bits per heavy atom. The van der Waals surface area contributed by atoms with Crippen LogP contribution in [0.2, 0.25) is 0 Å². The topological polar surface area (TPSA) is 71.9 Å². The maximum Gasteiger partial charge on any atom is 0.411 e. The zero-order valence-electron chi connectivity index (χ0n) is 18.2. The predicted octanol–water partition coefficient (Wildman–Crippen LogP) is 4.74. The lowest BCUT2D eigenvalue weighted by Gasteiger charge is -2.41. The summed E-state index contributed by atoms with van der Waals surface area (Å²) in [7, 11) is 0. The van der Waals surface area contributed by atoms with Gasteiger partial charge in [0.05, 0.1) is 6.04 Å². The highest BCUT2D eigenvalue weighted by Gasteiger charge is 2.52. The summed E-state index contributed by atoms with van der Waals surface area (Å²) in [6.45, 7) is 2.91. The number of nitrogens with zero attached hydrogens (tertiary/aromatic N) is 2. The lowest BCUT2D eigenvalue weighted by molar-refractivity contribution is 0.00435. The average molecular weight is 433 g/mol. The van der Waals surface area contributed by atoms with Crippen molar-refractivity contribution in [3.63, 3.8) is 0 Å². The fraction of sp³-hybridized carbons (Fsp3) is 0.462. The van der Waals surface area contributed by atoms with Crippen molar-refractivity contribution in [3.05, 3.63) is 65.5 Å². The first kappa shape index (κ1) is 19.6. The van der Waals surface area contributed by atoms with E-state index in [4.69, 9.17) is 9.47 Å². The molecule has 1 unspecified atom stereocenters. The highest BCUT2D eigenvalue weighted by Crippen LogP contribution is 2.57. The van der Waals surface area contributed by atoms with Crippen LogP contribution in [0, 0.1) is 11.8 Å². The van der Waals surface area contributed by atoms with Gasteiger partial charge in [0.25, 0.3) is 0 Å². The van der Waals surface area contributed by atoms with Gasteiger partial charge in [-0.3, -0.25) is 4.98 Å². The van der Waals surface area contributed by atoms with Gasteiger partial charge in [0, 0.05) is 30.4 Å². The summed E-state index contributed by atoms with van der Waals surface area (Å²) >= 11 is 0. The van der Waals surface area contributed by atoms with Gasteiger partial charge in [0.1, 0.15) is 6.10 Å². The lowest BCUT2D eigenvalue weighted by atomic mass is 9.64. The van der Waals surface area contributed by atoms with E-state index in [0.717, 1.165) is 36.8 Å². The first-order valence-electron chi connectivity index (χ1n) is 11.7. The second-order valence-electron chi connectivity index (χ2n) is 9.42. The number of ether oxygens (including phenoxy) is 2. The molecule has 6 nitrogen and oxygen atoms in total. The van der Waals surface area contributed by atoms with Crippen molar-refractivity contribution < 1.29 is 19.4 Å². The minimum absolute atomic E-state index is 0.00647. The fourth-order valence-corrected chi connectivity index (χ4v) is 6.30. The number of rotatable bonds is 3. The van der Waals surface area contributed by atoms with Crippen molar-refractivity contribution in [1.29, 1.82) is 0 Å². The summed E-state index contributed by atoms with van der Waals surface area (Å²) in [5.74, 6) is 1.73. The van der Waals surface area contributed by atoms with Gasteiger partial charge in [-0.05, 0) is 60.4 Å². The lowest BCUT2D eigenvalue weighted by Crippen LogP contribution is -2.46. The van der Waals surface area contributed by atoms with Crippen molar-refractivity contribution in [3.8, 4) is 11.5 Å². The van der Waals surface area contributed by atoms with Crippen LogP contribution < -0.4 is 4.74 Å². The van der Waals surface area contributed by atoms with Crippen LogP contribution in [0.1, 0.15) is 54.8 Å². The number of carbonyl (C=O) groups is 1. The quantitative estimate of drug-likeness (QED) is 0.709. The molecule has 1 aromatic carbocycles. The van der Waals surface area contributed by atoms with Crippen LogP contribution in [0.15, 0.2) is 48.8 Å². The average Bonchev–Trinajstić information content (AvgIpc) is 3.47. The number of hydrogen-bond acceptors (Lipinski definition) is 5. The molecule has 6 rings (SSSR count). The van der Waals surface area contributed by atoms with Crippen molar-refractivity contribution in [2.45, 2.75) is 56.8 Å². The molecule has 1 fully saturated rings. The van der Waals surface area contributed by atoms with E-state index in [2.05, 4.69) is 18.0 Å². The molecule has 1 amide bonds. The van der Waals surface area contributed by atoms with Crippen molar-refractivity contribution >= 4 is 6.09 Å². The monoisotopic (exact) mass is 432 g/mol. The third-order valence-corrected chi connectivity index (χ3v) is 7.81. The number of phenolic OH excluding ortho intramolecular Hbond substituents is 1. The van der Waals surface area contributed by atoms with E-state index in [-0.39, 0.29) is 29.9 Å². The first-order valence-corrected chi connectivity index (χ1v) is 11.7. The van der Waals surface area contributed by atoms with Crippen LogP contribution in [0.3, 0.4) is 0 Å². The Morgan fingerprint density at radius 3 is 3.03 bits per heavy atom. The standard InChI is InChI=1S/C26H28N2O4/c1-2-15-13-16-7-9-20(29)24-22(16)23-18(15)8-10-21(25(23)32-24)31-26(30)28-12-4-6-19(28)17-5-3-11-27-14-17/h3,5,7-11,14-15,18-19,21,23,25,29H,2,4,6,12-13H2,1H3/t15-,18+,19-,21+,23?,25+/m1/s1. The molecule has 0 spiro atoms. The minimum Gasteiger partial charge on any atom is -0.504 e. The number of allylic oxidation sites excluding steroid dienone is 1. The maximum absolute atomic E-state index is 13.3. The van der Waals surface area contributed by atoms with Gasteiger partial charge < -0.3 is 19.5 Å². The Kier molecular flexibility index (Phi) is 4.63. The Balaban J connectivity index is 1.28. The third-order valence-electron chi connectivity index (χ3n) is 7.81. The molecule has 1 saturated heterocycles. The minimum atomic E-state index is -0.478. The summed E-state index contributed by atoms with van der Waals surface area (Å²) in [6.07, 6.45) is 10.6. The SMILES string of the molecule is CC[C@@H]1Cc2ccc(O)c3c2C2[C@H]1C=C[C@H](OC(=O)N1CCC[C@@H]1c1cccnc1)[C@@H]2O3. The van der Waals surface area contributed by atoms with Gasteiger partial charge in [0.15, 0.2) is 17.6 Å². The van der Waals surface area contributed by atoms with E-state index in [9.17, 15) is 9.90 Å². The second-order valence-corrected chi connectivity index (χ2v) is 9.42. The molecule has 1 aromatic heterocycles. The van der Waals surface area contributed by atoms with Crippen molar-refractivity contribution in [1.82, 2.24) is 9.88 Å². The molecule has 2 aromatic rings. The normalized spacial score (nSPS) is 31.8. The number of benzene rings is 1. The Hall–Kier alpha value is -3.02. The summed E-state index contributed by atoms with van der Waals surface area (Å²) in [5.41, 5.74) is 3.41. The molecule has 0 radical (unpaired) electrons. The van der Waals surface area contributed by atoms with Crippen LogP contribution in [0.5, 0.6) is 11.5 Å². The molecule has 0 bridgehead atoms. The van der Waals surface area contributed by atoms with Gasteiger partial charge in [-0.2, -0.15) is 0 Å². The first-order chi connectivity index (χ1) is 15.7. The second kappa shape index (κ2) is 7.54. The Bertz CT molecular complexity index is 1070. The number of pyridine rings is 1. The summed E-state index contributed by atoms with van der Waals surface area (Å²) in [4.78, 5) is 19.3. The zero-order chi connectivity index (χ0) is 21.8. The van der Waals surface area contributed by atoms with E-state index in [1.54, 1.807) is 12.3 Å². The van der Waals surface area contributed by atoms with Gasteiger partial charge >= 0.3 is 6.09 Å². The summed E-state index contributed by atoms with van der Waals surface area (Å²) < 4.78 is 12.4. The van der Waals surface area contributed by atoms with Crippen LogP contribution >= 0.6 is 0 Å². The van der Waals surface area contributed by atoms with Gasteiger partial charge in [-0.25, -0.2) is 4.79 Å². The number of aromatic nitrogens is 1. The van der Waals surface area contributed by atoms with Gasteiger partial charge in [-0.1, -0.05) is 31.6 Å². The van der Waals surface area contributed by atoms with Gasteiger partial charge in [0.2, 0.25) is 0 Å². The van der Waals surface area contributed by atoms with E-state index in [0.29, 0.717) is 24.1 Å². The Morgan fingerprint density at radius 2 is 2.22 bits per heavy atom. The number of hydrogen-bond donors (Lipinski definition) is 1. The summed E-state index contributed by atoms with van der Waals surface area (Å²) in [5, 5.41) is 10.5. The highest BCUT2D eigenvalue weighted by atomic mass is 16.6. The number of phenols is 1. The van der Waals surface area contributed by atoms with Crippen LogP contribution in [-0.2, 0) is 11.2 Å². The van der Waals surface area contributed by atoms with Crippen LogP contribution in [0.4, 0.5) is 4.79 Å². The van der Waals surface area contributed by atoms with Crippen LogP contribution in [-0.4, -0.2) is 39.8 Å². The van der Waals surface area contributed by atoms with E-state index >= 15 is 0 Å². The number of amides is 1. The molecule has 3 heterocycles. The molecule has 166 valence electrons. The molecule has 2 aliphatic carbocycles. The van der Waals surface area contributed by atoms with Crippen LogP contribution in [0.25, 0.3) is 0 Å². The maximum atomic E-state index is 13.3. The van der Waals surface area contributed by atoms with Crippen molar-refractivity contribution in [2.75, 3.05) is 6.54 Å². The molecule has 6 heteroatoms. The third kappa shape index (κ3) is 2.92. The van der Waals surface area contributed by atoms with E-state index < -0.39 is 6.10 Å². The molecular weight excluding hydrogens is 404 g/mol. The van der Waals surface area contributed by atoms with E-state index in [1.165, 1.54) is 5.56 Å². The Labute approximate surface area is 187 Å². The highest BCUT2D eigenvalue weighted by molar-refractivity contribution is 5.69. The predicted molar refractivity (Wildman–Crippen MR) is 119 cm³/mol. The molecule has 6 atom stereocenters. The smallest absolute Gasteiger partial charge is 0.411 e. The van der Waals surface area contributed by atoms with Crippen molar-refractivity contribution in [2.24, 2.45) is 11.8 Å². The molecule has 0 saturated carbocycles. The molecule has 1 N–H and O–H groups in total. The molecular formula is C26H28N2O4. The summed E-state index contributed by atoms with van der Waals surface area (Å²) in [6, 6.07) is 7.68. The zero-order valence-corrected chi connectivity index (χ0v) is 18.2. The van der Waals surface area contributed by atoms with Gasteiger partial charge in [-0.15, -0.1) is 0 Å². The number of aromatic hydroxyl groups is 1. The largest absolute Gasteiger partial charge is 0.504 e. The number of likely N-dealkylation sites (tertiary alicyclic amines) is 1. The fourth-order valence-electron chi connectivity index (χ4n) is 6.30. The van der Waals surface area contributed by atoms with E-state index in [1.807, 2.05) is 35.4 Å². The molecule has 32 heavy (non-hydrogen) atoms. The number of carbonyl (C=O) groups excluding carboxylic acids is 1. The molecule has 2 aliphatic heterocycles.